The van der Waals surface area contributed by atoms with E-state index in [1.54, 1.807) is 73.7 Å². The van der Waals surface area contributed by atoms with E-state index < -0.39 is 35.5 Å². The number of benzene rings is 3. The van der Waals surface area contributed by atoms with Gasteiger partial charge in [-0.3, -0.25) is 29.0 Å². The summed E-state index contributed by atoms with van der Waals surface area (Å²) < 4.78 is 5.68. The molecule has 1 N–H and O–H groups in total. The average molecular weight is 632 g/mol. The van der Waals surface area contributed by atoms with Crippen LogP contribution in [0.2, 0.25) is 10.0 Å². The van der Waals surface area contributed by atoms with Gasteiger partial charge >= 0.3 is 0 Å². The van der Waals surface area contributed by atoms with Crippen molar-refractivity contribution in [3.63, 3.8) is 0 Å². The Labute approximate surface area is 263 Å². The number of nitrogens with zero attached hydrogens (tertiary/aromatic N) is 2. The Hall–Kier alpha value is -4.14. The van der Waals surface area contributed by atoms with Crippen LogP contribution in [0.5, 0.6) is 11.5 Å². The van der Waals surface area contributed by atoms with Crippen LogP contribution in [0.25, 0.3) is 0 Å². The maximum absolute atomic E-state index is 14.2. The first-order chi connectivity index (χ1) is 21.2. The first-order valence-corrected chi connectivity index (χ1v) is 15.4. The number of hydrogen-bond acceptors (Lipinski definition) is 6. The molecule has 2 aliphatic carbocycles. The van der Waals surface area contributed by atoms with Gasteiger partial charge in [-0.25, -0.2) is 0 Å². The first kappa shape index (κ1) is 28.6. The lowest BCUT2D eigenvalue weighted by atomic mass is 9.57. The van der Waals surface area contributed by atoms with E-state index in [2.05, 4.69) is 0 Å². The molecule has 7 rings (SSSR count). The molecule has 0 aromatic heterocycles. The predicted octanol–water partition coefficient (Wildman–Crippen LogP) is 6.14. The topological polar surface area (TPSA) is 104 Å². The summed E-state index contributed by atoms with van der Waals surface area (Å²) in [5.41, 5.74) is 2.08. The van der Waals surface area contributed by atoms with Gasteiger partial charge in [0.25, 0.3) is 0 Å². The van der Waals surface area contributed by atoms with Crippen LogP contribution in [0.15, 0.2) is 78.4 Å². The molecule has 3 aromatic carbocycles. The summed E-state index contributed by atoms with van der Waals surface area (Å²) >= 11 is 12.2. The van der Waals surface area contributed by atoms with Gasteiger partial charge in [0.2, 0.25) is 23.6 Å². The van der Waals surface area contributed by atoms with Crippen LogP contribution in [0.3, 0.4) is 0 Å². The van der Waals surface area contributed by atoms with Gasteiger partial charge in [0.1, 0.15) is 0 Å². The number of carbonyl (C=O) groups is 4. The smallest absolute Gasteiger partial charge is 0.238 e. The van der Waals surface area contributed by atoms with E-state index in [0.29, 0.717) is 40.0 Å². The Kier molecular flexibility index (Phi) is 7.02. The van der Waals surface area contributed by atoms with Gasteiger partial charge in [0.15, 0.2) is 11.5 Å². The third-order valence-electron chi connectivity index (χ3n) is 9.48. The van der Waals surface area contributed by atoms with Crippen molar-refractivity contribution in [2.45, 2.75) is 25.7 Å². The number of rotatable bonds is 5. The van der Waals surface area contributed by atoms with Gasteiger partial charge in [0, 0.05) is 21.5 Å². The molecule has 3 aromatic rings. The van der Waals surface area contributed by atoms with Crippen molar-refractivity contribution in [1.82, 2.24) is 0 Å². The fourth-order valence-electron chi connectivity index (χ4n) is 7.69. The molecule has 8 nitrogen and oxygen atoms in total. The highest BCUT2D eigenvalue weighted by Gasteiger charge is 2.62. The Bertz CT molecular complexity index is 1740. The second-order valence-corrected chi connectivity index (χ2v) is 12.5. The van der Waals surface area contributed by atoms with E-state index in [1.807, 2.05) is 6.08 Å². The fourth-order valence-corrected chi connectivity index (χ4v) is 7.94. The van der Waals surface area contributed by atoms with Gasteiger partial charge in [-0.15, -0.1) is 0 Å². The number of fused-ring (bicyclic) bond motifs is 4. The number of amides is 4. The van der Waals surface area contributed by atoms with E-state index in [0.717, 1.165) is 5.57 Å². The van der Waals surface area contributed by atoms with E-state index in [9.17, 15) is 24.3 Å². The zero-order valence-electron chi connectivity index (χ0n) is 23.7. The molecule has 0 bridgehead atoms. The number of aromatic hydroxyl groups is 1. The Balaban J connectivity index is 1.35. The number of para-hydroxylation sites is 1. The zero-order chi connectivity index (χ0) is 30.9. The van der Waals surface area contributed by atoms with Gasteiger partial charge < -0.3 is 9.84 Å². The molecule has 2 heterocycles. The molecule has 2 aliphatic heterocycles. The lowest BCUT2D eigenvalue weighted by Crippen LogP contribution is -2.43. The van der Waals surface area contributed by atoms with Crippen molar-refractivity contribution in [3.8, 4) is 11.5 Å². The van der Waals surface area contributed by atoms with Gasteiger partial charge in [-0.1, -0.05) is 47.0 Å². The minimum atomic E-state index is -0.820. The molecular weight excluding hydrogens is 603 g/mol. The van der Waals surface area contributed by atoms with Crippen molar-refractivity contribution in [3.05, 3.63) is 94.0 Å². The number of anilines is 2. The monoisotopic (exact) mass is 630 g/mol. The van der Waals surface area contributed by atoms with Gasteiger partial charge in [-0.2, -0.15) is 0 Å². The lowest BCUT2D eigenvalue weighted by Gasteiger charge is -2.44. The fraction of sp³-hybridized carbons (Fsp3) is 0.294. The molecule has 10 heteroatoms. The second kappa shape index (κ2) is 10.8. The third-order valence-corrected chi connectivity index (χ3v) is 9.99. The number of hydrogen-bond donors (Lipinski definition) is 1. The minimum Gasteiger partial charge on any atom is -0.504 e. The minimum absolute atomic E-state index is 0.108. The van der Waals surface area contributed by atoms with Gasteiger partial charge in [-0.05, 0) is 80.3 Å². The highest BCUT2D eigenvalue weighted by Crippen LogP contribution is 2.59. The molecule has 0 spiro atoms. The molecule has 44 heavy (non-hydrogen) atoms. The van der Waals surface area contributed by atoms with E-state index in [-0.39, 0.29) is 41.5 Å². The third kappa shape index (κ3) is 4.26. The number of carbonyl (C=O) groups excluding carboxylic acids is 4. The molecule has 1 saturated carbocycles. The molecule has 4 amide bonds. The Morgan fingerprint density at radius 3 is 1.91 bits per heavy atom. The van der Waals surface area contributed by atoms with Crippen molar-refractivity contribution in [2.75, 3.05) is 16.4 Å². The normalized spacial score (nSPS) is 27.7. The number of phenols is 1. The standard InChI is InChI=1S/C34H28Cl2N2O6/c1-2-44-26-5-3-4-22(30(26)39)27-21-14-15-23-28(33(42)37(31(23)40)19-10-6-17(35)7-11-19)24(21)16-25-29(27)34(43)38(32(25)41)20-12-8-18(36)9-13-20/h3-14,23-25,27-29,39H,2,15-16H2,1H3. The Morgan fingerprint density at radius 1 is 0.750 bits per heavy atom. The summed E-state index contributed by atoms with van der Waals surface area (Å²) in [5.74, 6) is -5.35. The van der Waals surface area contributed by atoms with Crippen molar-refractivity contribution < 1.29 is 29.0 Å². The summed E-state index contributed by atoms with van der Waals surface area (Å²) in [6.45, 7) is 2.13. The summed E-state index contributed by atoms with van der Waals surface area (Å²) in [4.78, 5) is 58.5. The number of halogens is 2. The van der Waals surface area contributed by atoms with Crippen molar-refractivity contribution in [2.24, 2.45) is 29.6 Å². The molecule has 4 aliphatic rings. The Morgan fingerprint density at radius 2 is 1.32 bits per heavy atom. The van der Waals surface area contributed by atoms with E-state index in [1.165, 1.54) is 9.80 Å². The maximum Gasteiger partial charge on any atom is 0.238 e. The summed E-state index contributed by atoms with van der Waals surface area (Å²) in [6, 6.07) is 18.2. The highest BCUT2D eigenvalue weighted by atomic mass is 35.5. The number of phenolic OH excluding ortho intramolecular Hbond substituents is 1. The maximum atomic E-state index is 14.2. The van der Waals surface area contributed by atoms with Crippen LogP contribution in [-0.2, 0) is 19.2 Å². The van der Waals surface area contributed by atoms with Crippen LogP contribution < -0.4 is 14.5 Å². The molecule has 224 valence electrons. The van der Waals surface area contributed by atoms with Crippen molar-refractivity contribution >= 4 is 58.2 Å². The molecule has 0 radical (unpaired) electrons. The summed E-state index contributed by atoms with van der Waals surface area (Å²) in [7, 11) is 0. The molecular formula is C34H28Cl2N2O6. The first-order valence-electron chi connectivity index (χ1n) is 14.6. The number of imide groups is 2. The van der Waals surface area contributed by atoms with E-state index >= 15 is 0 Å². The van der Waals surface area contributed by atoms with Crippen LogP contribution in [0.4, 0.5) is 11.4 Å². The molecule has 3 fully saturated rings. The predicted molar refractivity (Wildman–Crippen MR) is 165 cm³/mol. The van der Waals surface area contributed by atoms with Crippen LogP contribution >= 0.6 is 23.2 Å². The second-order valence-electron chi connectivity index (χ2n) is 11.6. The molecule has 2 saturated heterocycles. The quantitative estimate of drug-likeness (QED) is 0.268. The SMILES string of the molecule is CCOc1cccc(C2C3=CCC4C(=O)N(c5ccc(Cl)cc5)C(=O)C4C3CC3C(=O)N(c4ccc(Cl)cc4)C(=O)C32)c1O. The van der Waals surface area contributed by atoms with Crippen LogP contribution in [-0.4, -0.2) is 35.3 Å². The molecule has 6 unspecified atom stereocenters. The summed E-state index contributed by atoms with van der Waals surface area (Å²) in [5, 5.41) is 12.4. The molecule has 6 atom stereocenters. The lowest BCUT2D eigenvalue weighted by molar-refractivity contribution is -0.126. The largest absolute Gasteiger partial charge is 0.504 e. The van der Waals surface area contributed by atoms with Crippen molar-refractivity contribution in [1.29, 1.82) is 0 Å². The van der Waals surface area contributed by atoms with Crippen LogP contribution in [0, 0.1) is 29.6 Å². The number of ether oxygens (including phenoxy) is 1. The van der Waals surface area contributed by atoms with Gasteiger partial charge in [0.05, 0.1) is 41.7 Å². The van der Waals surface area contributed by atoms with E-state index in [4.69, 9.17) is 27.9 Å². The number of allylic oxidation sites excluding steroid dienone is 2. The average Bonchev–Trinajstić information content (AvgIpc) is 3.42. The highest BCUT2D eigenvalue weighted by molar-refractivity contribution is 6.31. The van der Waals surface area contributed by atoms with Crippen LogP contribution in [0.1, 0.15) is 31.2 Å². The zero-order valence-corrected chi connectivity index (χ0v) is 25.2. The summed E-state index contributed by atoms with van der Waals surface area (Å²) in [6.07, 6.45) is 2.47.